The van der Waals surface area contributed by atoms with Gasteiger partial charge in [-0.2, -0.15) is 0 Å². The predicted octanol–water partition coefficient (Wildman–Crippen LogP) is 3.30. The topological polar surface area (TPSA) is 84.5 Å². The number of nitrogens with one attached hydrogen (secondary N) is 2. The summed E-state index contributed by atoms with van der Waals surface area (Å²) in [6, 6.07) is 14.4. The fraction of sp³-hybridized carbons (Fsp3) is 0.409. The van der Waals surface area contributed by atoms with Crippen LogP contribution in [-0.4, -0.2) is 27.0 Å². The van der Waals surface area contributed by atoms with Gasteiger partial charge in [0.1, 0.15) is 5.75 Å². The van der Waals surface area contributed by atoms with Crippen LogP contribution in [0.2, 0.25) is 0 Å². The zero-order valence-corrected chi connectivity index (χ0v) is 17.5. The average molecular weight is 417 g/mol. The molecule has 0 radical (unpaired) electrons. The van der Waals surface area contributed by atoms with Gasteiger partial charge in [-0.3, -0.25) is 4.79 Å². The van der Waals surface area contributed by atoms with E-state index in [1.807, 2.05) is 30.3 Å². The summed E-state index contributed by atoms with van der Waals surface area (Å²) < 4.78 is 33.7. The summed E-state index contributed by atoms with van der Waals surface area (Å²) in [6.45, 7) is 2.09. The normalized spacial score (nSPS) is 15.1. The van der Waals surface area contributed by atoms with Gasteiger partial charge in [0.15, 0.2) is 6.61 Å². The van der Waals surface area contributed by atoms with E-state index in [1.54, 1.807) is 19.1 Å². The highest BCUT2D eigenvalue weighted by molar-refractivity contribution is 7.89. The molecule has 0 aromatic heterocycles. The Morgan fingerprint density at radius 3 is 2.48 bits per heavy atom. The Morgan fingerprint density at radius 2 is 1.79 bits per heavy atom. The van der Waals surface area contributed by atoms with Crippen LogP contribution in [0.4, 0.5) is 0 Å². The first kappa shape index (κ1) is 21.3. The second-order valence-electron chi connectivity index (χ2n) is 7.43. The van der Waals surface area contributed by atoms with Crippen molar-refractivity contribution in [1.29, 1.82) is 0 Å². The summed E-state index contributed by atoms with van der Waals surface area (Å²) in [5, 5.41) is 2.80. The molecule has 0 aliphatic heterocycles. The molecule has 1 saturated carbocycles. The first-order valence-corrected chi connectivity index (χ1v) is 11.5. The Morgan fingerprint density at radius 1 is 1.07 bits per heavy atom. The zero-order valence-electron chi connectivity index (χ0n) is 16.7. The molecule has 3 rings (SSSR count). The van der Waals surface area contributed by atoms with Gasteiger partial charge in [-0.1, -0.05) is 49.6 Å². The van der Waals surface area contributed by atoms with E-state index in [0.717, 1.165) is 31.2 Å². The molecule has 0 atom stereocenters. The Kier molecular flexibility index (Phi) is 7.28. The first-order chi connectivity index (χ1) is 13.9. The Balaban J connectivity index is 1.54. The minimum Gasteiger partial charge on any atom is -0.484 e. The minimum absolute atomic E-state index is 0.0123. The number of amides is 1. The van der Waals surface area contributed by atoms with Crippen LogP contribution in [0.15, 0.2) is 53.4 Å². The van der Waals surface area contributed by atoms with Crippen molar-refractivity contribution in [2.24, 2.45) is 0 Å². The number of sulfonamides is 1. The van der Waals surface area contributed by atoms with E-state index in [-0.39, 0.29) is 23.5 Å². The van der Waals surface area contributed by atoms with Gasteiger partial charge >= 0.3 is 0 Å². The molecule has 2 N–H and O–H groups in total. The number of rotatable bonds is 8. The fourth-order valence-corrected chi connectivity index (χ4v) is 4.84. The van der Waals surface area contributed by atoms with Crippen LogP contribution in [-0.2, 0) is 21.4 Å². The molecule has 1 aliphatic carbocycles. The fourth-order valence-electron chi connectivity index (χ4n) is 3.45. The van der Waals surface area contributed by atoms with Crippen molar-refractivity contribution < 1.29 is 17.9 Å². The largest absolute Gasteiger partial charge is 0.484 e. The average Bonchev–Trinajstić information content (AvgIpc) is 2.72. The summed E-state index contributed by atoms with van der Waals surface area (Å²) >= 11 is 0. The maximum absolute atomic E-state index is 12.6. The quantitative estimate of drug-likeness (QED) is 0.692. The van der Waals surface area contributed by atoms with Crippen molar-refractivity contribution in [2.45, 2.75) is 56.5 Å². The lowest BCUT2D eigenvalue weighted by molar-refractivity contribution is -0.123. The van der Waals surface area contributed by atoms with Crippen molar-refractivity contribution in [3.63, 3.8) is 0 Å². The van der Waals surface area contributed by atoms with Crippen molar-refractivity contribution >= 4 is 15.9 Å². The lowest BCUT2D eigenvalue weighted by Gasteiger charge is -2.22. The SMILES string of the molecule is Cc1cc(S(=O)(=O)NC2CCCCC2)ccc1OCC(=O)NCc1ccccc1. The molecule has 156 valence electrons. The third-order valence-electron chi connectivity index (χ3n) is 5.07. The number of hydrogen-bond acceptors (Lipinski definition) is 4. The molecule has 2 aromatic rings. The van der Waals surface area contributed by atoms with Gasteiger partial charge in [-0.05, 0) is 49.1 Å². The van der Waals surface area contributed by atoms with E-state index in [9.17, 15) is 13.2 Å². The maximum atomic E-state index is 12.6. The Bertz CT molecular complexity index is 923. The highest BCUT2D eigenvalue weighted by Gasteiger charge is 2.22. The number of ether oxygens (including phenoxy) is 1. The third kappa shape index (κ3) is 6.30. The van der Waals surface area contributed by atoms with E-state index in [1.165, 1.54) is 12.5 Å². The second-order valence-corrected chi connectivity index (χ2v) is 9.15. The monoisotopic (exact) mass is 416 g/mol. The first-order valence-electron chi connectivity index (χ1n) is 10.0. The number of carbonyl (C=O) groups excluding carboxylic acids is 1. The van der Waals surface area contributed by atoms with Gasteiger partial charge < -0.3 is 10.1 Å². The molecule has 0 heterocycles. The number of benzene rings is 2. The molecule has 6 nitrogen and oxygen atoms in total. The van der Waals surface area contributed by atoms with E-state index < -0.39 is 10.0 Å². The van der Waals surface area contributed by atoms with Gasteiger partial charge in [-0.25, -0.2) is 13.1 Å². The van der Waals surface area contributed by atoms with Crippen LogP contribution < -0.4 is 14.8 Å². The summed E-state index contributed by atoms with van der Waals surface area (Å²) in [5.41, 5.74) is 1.68. The third-order valence-corrected chi connectivity index (χ3v) is 6.59. The summed E-state index contributed by atoms with van der Waals surface area (Å²) in [6.07, 6.45) is 5.06. The molecule has 7 heteroatoms. The molecule has 0 unspecified atom stereocenters. The van der Waals surface area contributed by atoms with Gasteiger partial charge in [0, 0.05) is 12.6 Å². The van der Waals surface area contributed by atoms with Crippen LogP contribution in [0.25, 0.3) is 0 Å². The number of hydrogen-bond donors (Lipinski definition) is 2. The smallest absolute Gasteiger partial charge is 0.258 e. The maximum Gasteiger partial charge on any atom is 0.258 e. The summed E-state index contributed by atoms with van der Waals surface area (Å²) in [7, 11) is -3.55. The standard InChI is InChI=1S/C22H28N2O4S/c1-17-14-20(29(26,27)24-19-10-6-3-7-11-19)12-13-21(17)28-16-22(25)23-15-18-8-4-2-5-9-18/h2,4-5,8-9,12-14,19,24H,3,6-7,10-11,15-16H2,1H3,(H,23,25). The van der Waals surface area contributed by atoms with Crippen LogP contribution in [0.3, 0.4) is 0 Å². The van der Waals surface area contributed by atoms with Gasteiger partial charge in [0.25, 0.3) is 5.91 Å². The molecule has 2 aromatic carbocycles. The molecule has 1 fully saturated rings. The lowest BCUT2D eigenvalue weighted by atomic mass is 9.96. The van der Waals surface area contributed by atoms with E-state index >= 15 is 0 Å². The highest BCUT2D eigenvalue weighted by atomic mass is 32.2. The van der Waals surface area contributed by atoms with Gasteiger partial charge in [-0.15, -0.1) is 0 Å². The van der Waals surface area contributed by atoms with E-state index in [2.05, 4.69) is 10.0 Å². The molecule has 1 amide bonds. The van der Waals surface area contributed by atoms with Crippen molar-refractivity contribution in [1.82, 2.24) is 10.0 Å². The molecule has 0 bridgehead atoms. The number of carbonyl (C=O) groups is 1. The summed E-state index contributed by atoms with van der Waals surface area (Å²) in [4.78, 5) is 12.2. The van der Waals surface area contributed by atoms with Gasteiger partial charge in [0.05, 0.1) is 4.90 Å². The Hall–Kier alpha value is -2.38. The van der Waals surface area contributed by atoms with Crippen LogP contribution in [0.1, 0.15) is 43.2 Å². The van der Waals surface area contributed by atoms with E-state index in [4.69, 9.17) is 4.74 Å². The molecule has 1 aliphatic rings. The van der Waals surface area contributed by atoms with Crippen molar-refractivity contribution in [2.75, 3.05) is 6.61 Å². The predicted molar refractivity (Wildman–Crippen MR) is 112 cm³/mol. The highest BCUT2D eigenvalue weighted by Crippen LogP contribution is 2.24. The zero-order chi connectivity index (χ0) is 20.7. The van der Waals surface area contributed by atoms with Crippen LogP contribution in [0, 0.1) is 6.92 Å². The van der Waals surface area contributed by atoms with Gasteiger partial charge in [0.2, 0.25) is 10.0 Å². The summed E-state index contributed by atoms with van der Waals surface area (Å²) in [5.74, 6) is 0.264. The van der Waals surface area contributed by atoms with E-state index in [0.29, 0.717) is 17.9 Å². The minimum atomic E-state index is -3.55. The second kappa shape index (κ2) is 9.89. The van der Waals surface area contributed by atoms with Crippen molar-refractivity contribution in [3.05, 3.63) is 59.7 Å². The Labute approximate surface area is 172 Å². The van der Waals surface area contributed by atoms with Crippen molar-refractivity contribution in [3.8, 4) is 5.75 Å². The molecule has 29 heavy (non-hydrogen) atoms. The molecular weight excluding hydrogens is 388 g/mol. The lowest BCUT2D eigenvalue weighted by Crippen LogP contribution is -2.36. The molecule has 0 spiro atoms. The molecule has 0 saturated heterocycles. The number of aryl methyl sites for hydroxylation is 1. The van der Waals surface area contributed by atoms with Crippen LogP contribution in [0.5, 0.6) is 5.75 Å². The van der Waals surface area contributed by atoms with Crippen LogP contribution >= 0.6 is 0 Å². The molecular formula is C22H28N2O4S.